The Bertz CT molecular complexity index is 970. The van der Waals surface area contributed by atoms with Gasteiger partial charge in [-0.2, -0.15) is 0 Å². The Hall–Kier alpha value is -2.33. The van der Waals surface area contributed by atoms with E-state index in [9.17, 15) is 9.90 Å². The lowest BCUT2D eigenvalue weighted by molar-refractivity contribution is -0.160. The first-order chi connectivity index (χ1) is 14.2. The Morgan fingerprint density at radius 3 is 2.63 bits per heavy atom. The van der Waals surface area contributed by atoms with Gasteiger partial charge in [0.25, 0.3) is 0 Å². The Morgan fingerprint density at radius 2 is 1.93 bits per heavy atom. The molecule has 0 saturated heterocycles. The molecule has 0 amide bonds. The molecule has 3 atom stereocenters. The number of aryl methyl sites for hydroxylation is 2. The van der Waals surface area contributed by atoms with E-state index in [1.165, 1.54) is 16.7 Å². The number of carboxylic acid groups (broad SMARTS) is 1. The van der Waals surface area contributed by atoms with Crippen LogP contribution < -0.4 is 4.74 Å². The van der Waals surface area contributed by atoms with E-state index < -0.39 is 17.7 Å². The van der Waals surface area contributed by atoms with E-state index in [-0.39, 0.29) is 0 Å². The molecule has 1 aliphatic heterocycles. The molecular formula is C26H32O4. The second-order valence-corrected chi connectivity index (χ2v) is 9.73. The summed E-state index contributed by atoms with van der Waals surface area (Å²) in [5.74, 6) is 1.00. The van der Waals surface area contributed by atoms with Gasteiger partial charge in [0.05, 0.1) is 12.2 Å². The molecule has 0 bridgehead atoms. The first-order valence-electron chi connectivity index (χ1n) is 10.9. The smallest absolute Gasteiger partial charge is 0.337 e. The Labute approximate surface area is 179 Å². The monoisotopic (exact) mass is 408 g/mol. The maximum absolute atomic E-state index is 12.1. The van der Waals surface area contributed by atoms with E-state index in [1.807, 2.05) is 27.7 Å². The summed E-state index contributed by atoms with van der Waals surface area (Å²) in [4.78, 5) is 12.1. The molecule has 2 aliphatic rings. The van der Waals surface area contributed by atoms with E-state index in [0.717, 1.165) is 48.3 Å². The largest absolute Gasteiger partial charge is 0.493 e. The topological polar surface area (TPSA) is 55.8 Å². The van der Waals surface area contributed by atoms with Gasteiger partial charge >= 0.3 is 5.97 Å². The van der Waals surface area contributed by atoms with E-state index >= 15 is 0 Å². The number of hydrogen-bond donors (Lipinski definition) is 1. The molecule has 1 fully saturated rings. The highest BCUT2D eigenvalue weighted by Gasteiger charge is 2.42. The number of fused-ring (bicyclic) bond motifs is 1. The zero-order valence-corrected chi connectivity index (χ0v) is 18.6. The minimum absolute atomic E-state index is 0.427. The molecule has 4 rings (SSSR count). The predicted molar refractivity (Wildman–Crippen MR) is 117 cm³/mol. The number of carboxylic acids is 1. The Morgan fingerprint density at radius 1 is 1.17 bits per heavy atom. The minimum Gasteiger partial charge on any atom is -0.493 e. The van der Waals surface area contributed by atoms with Crippen LogP contribution >= 0.6 is 0 Å². The van der Waals surface area contributed by atoms with Crippen molar-refractivity contribution in [3.8, 4) is 5.75 Å². The van der Waals surface area contributed by atoms with Crippen molar-refractivity contribution in [3.63, 3.8) is 0 Å². The minimum atomic E-state index is -0.956. The molecule has 4 nitrogen and oxygen atoms in total. The van der Waals surface area contributed by atoms with Crippen molar-refractivity contribution in [2.24, 2.45) is 0 Å². The summed E-state index contributed by atoms with van der Waals surface area (Å²) in [6.45, 7) is 10.5. The summed E-state index contributed by atoms with van der Waals surface area (Å²) in [5.41, 5.74) is 6.22. The van der Waals surface area contributed by atoms with Crippen LogP contribution in [-0.4, -0.2) is 23.3 Å². The summed E-state index contributed by atoms with van der Waals surface area (Å²) in [6.07, 6.45) is 2.30. The predicted octanol–water partition coefficient (Wildman–Crippen LogP) is 5.84. The van der Waals surface area contributed by atoms with Gasteiger partial charge in [0.1, 0.15) is 5.75 Å². The van der Waals surface area contributed by atoms with Gasteiger partial charge in [-0.15, -0.1) is 0 Å². The number of benzene rings is 2. The lowest BCUT2D eigenvalue weighted by atomic mass is 9.90. The van der Waals surface area contributed by atoms with Gasteiger partial charge in [-0.25, -0.2) is 4.79 Å². The highest BCUT2D eigenvalue weighted by atomic mass is 16.5. The van der Waals surface area contributed by atoms with Gasteiger partial charge in [-0.3, -0.25) is 0 Å². The molecule has 0 aromatic heterocycles. The average molecular weight is 409 g/mol. The van der Waals surface area contributed by atoms with Gasteiger partial charge in [-0.05, 0) is 105 Å². The first kappa shape index (κ1) is 20.9. The van der Waals surface area contributed by atoms with Gasteiger partial charge in [-0.1, -0.05) is 24.3 Å². The molecule has 0 spiro atoms. The molecule has 3 unspecified atom stereocenters. The van der Waals surface area contributed by atoms with Crippen molar-refractivity contribution in [2.45, 2.75) is 77.4 Å². The number of ether oxygens (including phenoxy) is 2. The third kappa shape index (κ3) is 4.11. The van der Waals surface area contributed by atoms with Crippen LogP contribution in [0.4, 0.5) is 0 Å². The third-order valence-corrected chi connectivity index (χ3v) is 6.28. The summed E-state index contributed by atoms with van der Waals surface area (Å²) in [7, 11) is 0. The maximum atomic E-state index is 12.1. The Kier molecular flexibility index (Phi) is 5.39. The quantitative estimate of drug-likeness (QED) is 0.675. The van der Waals surface area contributed by atoms with Gasteiger partial charge in [0, 0.05) is 0 Å². The second-order valence-electron chi connectivity index (χ2n) is 9.73. The normalized spacial score (nSPS) is 21.5. The molecule has 30 heavy (non-hydrogen) atoms. The number of carbonyl (C=O) groups is 1. The van der Waals surface area contributed by atoms with Gasteiger partial charge in [0.2, 0.25) is 0 Å². The highest BCUT2D eigenvalue weighted by molar-refractivity contribution is 5.76. The van der Waals surface area contributed by atoms with E-state index in [0.29, 0.717) is 11.8 Å². The van der Waals surface area contributed by atoms with Crippen LogP contribution in [0.5, 0.6) is 5.75 Å². The highest BCUT2D eigenvalue weighted by Crippen LogP contribution is 2.56. The molecule has 1 N–H and O–H groups in total. The molecule has 4 heteroatoms. The number of aliphatic carboxylic acids is 1. The van der Waals surface area contributed by atoms with Crippen LogP contribution in [0.2, 0.25) is 0 Å². The van der Waals surface area contributed by atoms with Crippen LogP contribution in [-0.2, 0) is 16.0 Å². The van der Waals surface area contributed by atoms with Gasteiger partial charge in [0.15, 0.2) is 6.10 Å². The van der Waals surface area contributed by atoms with Crippen LogP contribution in [0.25, 0.3) is 0 Å². The van der Waals surface area contributed by atoms with Crippen molar-refractivity contribution >= 4 is 5.97 Å². The van der Waals surface area contributed by atoms with E-state index in [2.05, 4.69) is 37.3 Å². The summed E-state index contributed by atoms with van der Waals surface area (Å²) >= 11 is 0. The molecule has 0 radical (unpaired) electrons. The van der Waals surface area contributed by atoms with Crippen molar-refractivity contribution in [3.05, 3.63) is 63.7 Å². The van der Waals surface area contributed by atoms with Crippen molar-refractivity contribution in [2.75, 3.05) is 6.61 Å². The zero-order chi connectivity index (χ0) is 21.6. The van der Waals surface area contributed by atoms with Crippen LogP contribution in [0.1, 0.15) is 84.9 Å². The summed E-state index contributed by atoms with van der Waals surface area (Å²) < 4.78 is 11.7. The Balaban J connectivity index is 1.63. The molecule has 1 aliphatic carbocycles. The molecule has 2 aromatic carbocycles. The molecule has 1 saturated carbocycles. The average Bonchev–Trinajstić information content (AvgIpc) is 3.46. The molecule has 1 heterocycles. The summed E-state index contributed by atoms with van der Waals surface area (Å²) in [5, 5.41) is 9.89. The van der Waals surface area contributed by atoms with Crippen molar-refractivity contribution in [1.29, 1.82) is 0 Å². The zero-order valence-electron chi connectivity index (χ0n) is 18.6. The maximum Gasteiger partial charge on any atom is 0.337 e. The van der Waals surface area contributed by atoms with Crippen LogP contribution in [0.3, 0.4) is 0 Å². The van der Waals surface area contributed by atoms with Crippen LogP contribution in [0, 0.1) is 13.8 Å². The molecular weight excluding hydrogens is 376 g/mol. The van der Waals surface area contributed by atoms with E-state index in [1.54, 1.807) is 0 Å². The fourth-order valence-corrected chi connectivity index (χ4v) is 4.79. The second kappa shape index (κ2) is 7.73. The fourth-order valence-electron chi connectivity index (χ4n) is 4.79. The van der Waals surface area contributed by atoms with Gasteiger partial charge < -0.3 is 14.6 Å². The van der Waals surface area contributed by atoms with Crippen molar-refractivity contribution < 1.29 is 19.4 Å². The SMILES string of the molecule is Cc1ccc(C2CC2c2ccc3c(c2)CCCO3)c(C)c1C(OC(C)(C)C)C(=O)O. The lowest BCUT2D eigenvalue weighted by Gasteiger charge is -2.28. The first-order valence-corrected chi connectivity index (χ1v) is 10.9. The number of rotatable bonds is 5. The third-order valence-electron chi connectivity index (χ3n) is 6.28. The summed E-state index contributed by atoms with van der Waals surface area (Å²) in [6, 6.07) is 10.9. The standard InChI is InChI=1S/C26H32O4/c1-15-8-10-19(16(2)23(15)24(25(27)28)30-26(3,4)5)21-14-20(21)17-9-11-22-18(13-17)7-6-12-29-22/h8-11,13,20-21,24H,6-7,12,14H2,1-5H3,(H,27,28). The van der Waals surface area contributed by atoms with E-state index in [4.69, 9.17) is 9.47 Å². The molecule has 160 valence electrons. The van der Waals surface area contributed by atoms with Crippen molar-refractivity contribution in [1.82, 2.24) is 0 Å². The lowest BCUT2D eigenvalue weighted by Crippen LogP contribution is -2.28. The number of hydrogen-bond acceptors (Lipinski definition) is 3. The fraction of sp³-hybridized carbons (Fsp3) is 0.500. The molecule has 2 aromatic rings. The van der Waals surface area contributed by atoms with Crippen LogP contribution in [0.15, 0.2) is 30.3 Å².